The van der Waals surface area contributed by atoms with Crippen molar-refractivity contribution >= 4 is 29.9 Å². The van der Waals surface area contributed by atoms with Crippen molar-refractivity contribution in [2.24, 2.45) is 4.99 Å². The van der Waals surface area contributed by atoms with Crippen LogP contribution in [0.2, 0.25) is 0 Å². The Kier molecular flexibility index (Phi) is 7.69. The fourth-order valence-electron chi connectivity index (χ4n) is 3.60. The fraction of sp³-hybridized carbons (Fsp3) is 0.706. The summed E-state index contributed by atoms with van der Waals surface area (Å²) in [5, 5.41) is 7.05. The van der Waals surface area contributed by atoms with Crippen LogP contribution in [0.4, 0.5) is 0 Å². The summed E-state index contributed by atoms with van der Waals surface area (Å²) >= 11 is 0. The lowest BCUT2D eigenvalue weighted by Gasteiger charge is -2.27. The van der Waals surface area contributed by atoms with Crippen molar-refractivity contribution < 1.29 is 4.42 Å². The van der Waals surface area contributed by atoms with E-state index >= 15 is 0 Å². The number of nitrogens with one attached hydrogen (secondary N) is 2. The topological polar surface area (TPSA) is 52.8 Å². The maximum atomic E-state index is 5.67. The summed E-state index contributed by atoms with van der Waals surface area (Å²) in [5.41, 5.74) is 0. The first-order valence-corrected chi connectivity index (χ1v) is 8.61. The average molecular weight is 432 g/mol. The first-order valence-electron chi connectivity index (χ1n) is 8.61. The largest absolute Gasteiger partial charge is 0.468 e. The number of rotatable bonds is 5. The minimum atomic E-state index is 0. The first-order chi connectivity index (χ1) is 10.9. The fourth-order valence-corrected chi connectivity index (χ4v) is 3.60. The van der Waals surface area contributed by atoms with Gasteiger partial charge < -0.3 is 15.1 Å². The highest BCUT2D eigenvalue weighted by atomic mass is 127. The Labute approximate surface area is 156 Å². The predicted molar refractivity (Wildman–Crippen MR) is 104 cm³/mol. The summed E-state index contributed by atoms with van der Waals surface area (Å²) in [7, 11) is 1.85. The third kappa shape index (κ3) is 5.11. The highest BCUT2D eigenvalue weighted by Gasteiger charge is 2.26. The van der Waals surface area contributed by atoms with Gasteiger partial charge >= 0.3 is 0 Å². The molecule has 1 atom stereocenters. The second-order valence-electron chi connectivity index (χ2n) is 6.35. The van der Waals surface area contributed by atoms with Crippen LogP contribution < -0.4 is 10.6 Å². The van der Waals surface area contributed by atoms with Gasteiger partial charge in [0.2, 0.25) is 0 Å². The van der Waals surface area contributed by atoms with Crippen LogP contribution in [0, 0.1) is 0 Å². The first kappa shape index (κ1) is 18.6. The van der Waals surface area contributed by atoms with Gasteiger partial charge in [-0.1, -0.05) is 12.8 Å². The maximum Gasteiger partial charge on any atom is 0.191 e. The van der Waals surface area contributed by atoms with Crippen molar-refractivity contribution in [3.8, 4) is 0 Å². The number of likely N-dealkylation sites (tertiary alicyclic amines) is 1. The molecule has 2 heterocycles. The third-order valence-corrected chi connectivity index (χ3v) is 4.84. The Morgan fingerprint density at radius 3 is 2.65 bits per heavy atom. The number of guanidine groups is 1. The highest BCUT2D eigenvalue weighted by Crippen LogP contribution is 2.25. The van der Waals surface area contributed by atoms with Crippen molar-refractivity contribution in [1.29, 1.82) is 0 Å². The van der Waals surface area contributed by atoms with Crippen molar-refractivity contribution in [3.05, 3.63) is 24.2 Å². The highest BCUT2D eigenvalue weighted by molar-refractivity contribution is 14.0. The molecular formula is C17H29IN4O. The van der Waals surface area contributed by atoms with Crippen LogP contribution >= 0.6 is 24.0 Å². The standard InChI is InChI=1S/C17H28N4O.HI/c1-18-17(20-14-7-2-3-8-14)19-13-15(16-9-6-12-22-16)21-10-4-5-11-21;/h6,9,12,14-15H,2-5,7-8,10-11,13H2,1H3,(H2,18,19,20);1H. The molecule has 0 bridgehead atoms. The number of hydrogen-bond acceptors (Lipinski definition) is 3. The van der Waals surface area contributed by atoms with E-state index in [1.807, 2.05) is 13.1 Å². The molecular weight excluding hydrogens is 403 g/mol. The minimum absolute atomic E-state index is 0. The van der Waals surface area contributed by atoms with E-state index in [9.17, 15) is 0 Å². The summed E-state index contributed by atoms with van der Waals surface area (Å²) in [5.74, 6) is 1.97. The summed E-state index contributed by atoms with van der Waals surface area (Å²) in [6.45, 7) is 3.14. The molecule has 2 N–H and O–H groups in total. The van der Waals surface area contributed by atoms with Gasteiger partial charge in [0.15, 0.2) is 5.96 Å². The summed E-state index contributed by atoms with van der Waals surface area (Å²) in [6, 6.07) is 4.93. The lowest BCUT2D eigenvalue weighted by molar-refractivity contribution is 0.215. The lowest BCUT2D eigenvalue weighted by Crippen LogP contribution is -2.45. The van der Waals surface area contributed by atoms with Crippen molar-refractivity contribution in [3.63, 3.8) is 0 Å². The lowest BCUT2D eigenvalue weighted by atomic mass is 10.2. The second-order valence-corrected chi connectivity index (χ2v) is 6.35. The number of hydrogen-bond donors (Lipinski definition) is 2. The van der Waals surface area contributed by atoms with Gasteiger partial charge in [-0.2, -0.15) is 0 Å². The van der Waals surface area contributed by atoms with Crippen LogP contribution in [0.15, 0.2) is 27.8 Å². The van der Waals surface area contributed by atoms with Crippen LogP contribution in [0.25, 0.3) is 0 Å². The quantitative estimate of drug-likeness (QED) is 0.427. The molecule has 0 radical (unpaired) electrons. The number of halogens is 1. The Balaban J connectivity index is 0.00000192. The second kappa shape index (κ2) is 9.52. The van der Waals surface area contributed by atoms with E-state index in [1.54, 1.807) is 6.26 Å². The molecule has 0 spiro atoms. The molecule has 1 aliphatic carbocycles. The SMILES string of the molecule is CN=C(NCC(c1ccco1)N1CCCC1)NC1CCCC1.I. The predicted octanol–water partition coefficient (Wildman–Crippen LogP) is 3.14. The normalized spacial score (nSPS) is 21.2. The van der Waals surface area contributed by atoms with Gasteiger partial charge in [0, 0.05) is 19.6 Å². The van der Waals surface area contributed by atoms with Gasteiger partial charge in [0.05, 0.1) is 12.3 Å². The Morgan fingerprint density at radius 2 is 2.04 bits per heavy atom. The molecule has 1 aliphatic heterocycles. The average Bonchev–Trinajstić information content (AvgIpc) is 3.29. The van der Waals surface area contributed by atoms with E-state index in [0.717, 1.165) is 31.4 Å². The van der Waals surface area contributed by atoms with E-state index in [0.29, 0.717) is 12.1 Å². The zero-order valence-corrected chi connectivity index (χ0v) is 16.3. The molecule has 1 saturated carbocycles. The summed E-state index contributed by atoms with van der Waals surface area (Å²) < 4.78 is 5.67. The van der Waals surface area contributed by atoms with Crippen molar-refractivity contribution in [1.82, 2.24) is 15.5 Å². The molecule has 5 nitrogen and oxygen atoms in total. The van der Waals surface area contributed by atoms with Crippen molar-refractivity contribution in [2.45, 2.75) is 50.6 Å². The zero-order chi connectivity index (χ0) is 15.2. The molecule has 3 rings (SSSR count). The molecule has 1 aromatic rings. The van der Waals surface area contributed by atoms with Gasteiger partial charge in [0.25, 0.3) is 0 Å². The minimum Gasteiger partial charge on any atom is -0.468 e. The molecule has 6 heteroatoms. The number of nitrogens with zero attached hydrogens (tertiary/aromatic N) is 2. The van der Waals surface area contributed by atoms with Gasteiger partial charge in [-0.3, -0.25) is 9.89 Å². The molecule has 2 fully saturated rings. The molecule has 0 amide bonds. The zero-order valence-electron chi connectivity index (χ0n) is 14.0. The van der Waals surface area contributed by atoms with Crippen molar-refractivity contribution in [2.75, 3.05) is 26.7 Å². The smallest absolute Gasteiger partial charge is 0.191 e. The molecule has 1 unspecified atom stereocenters. The van der Waals surface area contributed by atoms with Gasteiger partial charge in [-0.25, -0.2) is 0 Å². The van der Waals surface area contributed by atoms with Gasteiger partial charge in [-0.05, 0) is 50.9 Å². The monoisotopic (exact) mass is 432 g/mol. The van der Waals surface area contributed by atoms with Crippen LogP contribution in [0.5, 0.6) is 0 Å². The third-order valence-electron chi connectivity index (χ3n) is 4.84. The number of furan rings is 1. The van der Waals surface area contributed by atoms with Gasteiger partial charge in [0.1, 0.15) is 5.76 Å². The van der Waals surface area contributed by atoms with Crippen LogP contribution in [-0.4, -0.2) is 43.6 Å². The molecule has 1 saturated heterocycles. The molecule has 1 aromatic heterocycles. The van der Waals surface area contributed by atoms with Crippen LogP contribution in [0.1, 0.15) is 50.3 Å². The van der Waals surface area contributed by atoms with E-state index in [-0.39, 0.29) is 24.0 Å². The van der Waals surface area contributed by atoms with E-state index < -0.39 is 0 Å². The molecule has 130 valence electrons. The maximum absolute atomic E-state index is 5.67. The summed E-state index contributed by atoms with van der Waals surface area (Å²) in [6.07, 6.45) is 9.51. The molecule has 23 heavy (non-hydrogen) atoms. The Hall–Kier alpha value is -0.760. The van der Waals surface area contributed by atoms with E-state index in [1.165, 1.54) is 38.5 Å². The van der Waals surface area contributed by atoms with Crippen LogP contribution in [-0.2, 0) is 0 Å². The van der Waals surface area contributed by atoms with E-state index in [4.69, 9.17) is 4.42 Å². The molecule has 0 aromatic carbocycles. The Bertz CT molecular complexity index is 465. The number of aliphatic imine (C=N–C) groups is 1. The van der Waals surface area contributed by atoms with Gasteiger partial charge in [-0.15, -0.1) is 24.0 Å². The van der Waals surface area contributed by atoms with E-state index in [2.05, 4.69) is 26.6 Å². The molecule has 2 aliphatic rings. The Morgan fingerprint density at radius 1 is 1.30 bits per heavy atom. The van der Waals surface area contributed by atoms with Crippen LogP contribution in [0.3, 0.4) is 0 Å². The summed E-state index contributed by atoms with van der Waals surface area (Å²) in [4.78, 5) is 6.89.